The first-order valence-corrected chi connectivity index (χ1v) is 22.1. The van der Waals surface area contributed by atoms with Crippen LogP contribution >= 0.6 is 0 Å². The van der Waals surface area contributed by atoms with Crippen LogP contribution in [0.5, 0.6) is 0 Å². The molecule has 0 unspecified atom stereocenters. The van der Waals surface area contributed by atoms with E-state index in [1.54, 1.807) is 11.1 Å². The van der Waals surface area contributed by atoms with Crippen molar-refractivity contribution in [1.29, 1.82) is 0 Å². The van der Waals surface area contributed by atoms with E-state index in [0.717, 1.165) is 35.0 Å². The Morgan fingerprint density at radius 1 is 0.400 bits per heavy atom. The molecule has 4 bridgehead atoms. The fraction of sp³-hybridized carbons (Fsp3) is 0.172. The third-order valence-corrected chi connectivity index (χ3v) is 15.2. The Bertz CT molecular complexity index is 3020. The Kier molecular flexibility index (Phi) is 7.52. The summed E-state index contributed by atoms with van der Waals surface area (Å²) in [5.41, 5.74) is 18.2. The van der Waals surface area contributed by atoms with Gasteiger partial charge in [0.25, 0.3) is 0 Å². The van der Waals surface area contributed by atoms with E-state index in [-0.39, 0.29) is 5.41 Å². The van der Waals surface area contributed by atoms with Gasteiger partial charge >= 0.3 is 0 Å². The molecule has 1 spiro atoms. The Hall–Kier alpha value is -6.64. The van der Waals surface area contributed by atoms with Gasteiger partial charge in [0.2, 0.25) is 0 Å². The first-order chi connectivity index (χ1) is 29.7. The third kappa shape index (κ3) is 4.94. The fourth-order valence-electron chi connectivity index (χ4n) is 13.1. The van der Waals surface area contributed by atoms with E-state index >= 15 is 0 Å². The highest BCUT2D eigenvalue weighted by molar-refractivity contribution is 6.09. The van der Waals surface area contributed by atoms with E-state index in [1.807, 2.05) is 0 Å². The molecular formula is C58H46N2. The molecule has 0 N–H and O–H groups in total. The second-order valence-electron chi connectivity index (χ2n) is 18.1. The summed E-state index contributed by atoms with van der Waals surface area (Å²) >= 11 is 0. The number of rotatable bonds is 6. The molecule has 0 saturated heterocycles. The molecule has 5 aliphatic carbocycles. The van der Waals surface area contributed by atoms with Crippen LogP contribution in [0.3, 0.4) is 0 Å². The van der Waals surface area contributed by atoms with E-state index in [1.165, 1.54) is 98.7 Å². The standard InChI is InChI=1S/C58H46N2/c1-3-13-40(14-4-1)42-23-30-57(51(36-42)41-15-5-2-6-16-41)59(45-24-26-46(27-25-45)60-55-21-11-8-18-49(55)50-19-9-12-22-56(50)60)47-28-29-54-52(37-47)48-17-7-10-20-53(48)58(54)43-32-38-31-39(34-43)35-44(58)33-38/h1-30,36-39,43-44H,31-35H2. The lowest BCUT2D eigenvalue weighted by atomic mass is 9.43. The van der Waals surface area contributed by atoms with Gasteiger partial charge in [-0.25, -0.2) is 0 Å². The third-order valence-electron chi connectivity index (χ3n) is 15.2. The normalized spacial score (nSPS) is 22.1. The molecule has 8 aromatic carbocycles. The van der Waals surface area contributed by atoms with Crippen LogP contribution in [0.4, 0.5) is 17.1 Å². The minimum atomic E-state index is 0.138. The van der Waals surface area contributed by atoms with Crippen molar-refractivity contribution in [3.05, 3.63) is 205 Å². The molecule has 5 aliphatic rings. The second-order valence-corrected chi connectivity index (χ2v) is 18.1. The molecule has 1 heterocycles. The summed E-state index contributed by atoms with van der Waals surface area (Å²) < 4.78 is 2.42. The van der Waals surface area contributed by atoms with Crippen molar-refractivity contribution in [3.63, 3.8) is 0 Å². The summed E-state index contributed by atoms with van der Waals surface area (Å²) in [6.07, 6.45) is 7.03. The summed E-state index contributed by atoms with van der Waals surface area (Å²) in [6, 6.07) is 72.7. The Labute approximate surface area is 352 Å². The first kappa shape index (κ1) is 34.2. The van der Waals surface area contributed by atoms with Gasteiger partial charge in [0.1, 0.15) is 0 Å². The number of aromatic nitrogens is 1. The van der Waals surface area contributed by atoms with Gasteiger partial charge in [-0.2, -0.15) is 0 Å². The lowest BCUT2D eigenvalue weighted by molar-refractivity contribution is -0.0399. The number of benzene rings is 8. The van der Waals surface area contributed by atoms with Crippen LogP contribution in [-0.2, 0) is 5.41 Å². The van der Waals surface area contributed by atoms with E-state index < -0.39 is 0 Å². The van der Waals surface area contributed by atoms with Crippen LogP contribution in [0.1, 0.15) is 43.2 Å². The smallest absolute Gasteiger partial charge is 0.0541 e. The van der Waals surface area contributed by atoms with Gasteiger partial charge in [-0.15, -0.1) is 0 Å². The SMILES string of the molecule is c1ccc(-c2ccc(N(c3ccc(-n4c5ccccc5c5ccccc54)cc3)c3ccc4c(c3)-c3ccccc3C43C4CC5CC(C4)CC3C5)c(-c3ccccc3)c2)cc1. The molecule has 4 fully saturated rings. The van der Waals surface area contributed by atoms with Crippen molar-refractivity contribution < 1.29 is 0 Å². The quantitative estimate of drug-likeness (QED) is 0.163. The second kappa shape index (κ2) is 13.2. The van der Waals surface area contributed by atoms with E-state index in [4.69, 9.17) is 0 Å². The largest absolute Gasteiger partial charge is 0.310 e. The average Bonchev–Trinajstić information content (AvgIpc) is 3.80. The van der Waals surface area contributed by atoms with Gasteiger partial charge in [-0.3, -0.25) is 0 Å². The molecule has 0 atom stereocenters. The van der Waals surface area contributed by atoms with Gasteiger partial charge < -0.3 is 9.47 Å². The zero-order valence-electron chi connectivity index (χ0n) is 33.7. The van der Waals surface area contributed by atoms with Crippen LogP contribution in [0, 0.1) is 23.7 Å². The molecule has 0 amide bonds. The molecule has 0 aliphatic heterocycles. The lowest BCUT2D eigenvalue weighted by Crippen LogP contribution is -2.55. The summed E-state index contributed by atoms with van der Waals surface area (Å²) in [6.45, 7) is 0. The van der Waals surface area contributed by atoms with Gasteiger partial charge in [0.15, 0.2) is 0 Å². The van der Waals surface area contributed by atoms with Crippen molar-refractivity contribution in [2.45, 2.75) is 37.5 Å². The number of fused-ring (bicyclic) bond motifs is 6. The van der Waals surface area contributed by atoms with Crippen LogP contribution in [-0.4, -0.2) is 4.57 Å². The highest BCUT2D eigenvalue weighted by Gasteiger charge is 2.61. The number of para-hydroxylation sites is 2. The summed E-state index contributed by atoms with van der Waals surface area (Å²) in [4.78, 5) is 2.53. The van der Waals surface area contributed by atoms with Crippen LogP contribution in [0.15, 0.2) is 194 Å². The number of anilines is 3. The van der Waals surface area contributed by atoms with Crippen LogP contribution < -0.4 is 4.90 Å². The molecule has 1 aromatic heterocycles. The first-order valence-electron chi connectivity index (χ1n) is 22.1. The van der Waals surface area contributed by atoms with Gasteiger partial charge in [0.05, 0.1) is 16.7 Å². The summed E-state index contributed by atoms with van der Waals surface area (Å²) in [5.74, 6) is 3.32. The molecular weight excluding hydrogens is 725 g/mol. The van der Waals surface area contributed by atoms with E-state index in [0.29, 0.717) is 0 Å². The molecule has 14 rings (SSSR count). The average molecular weight is 771 g/mol. The van der Waals surface area contributed by atoms with Gasteiger partial charge in [0, 0.05) is 38.8 Å². The van der Waals surface area contributed by atoms with Gasteiger partial charge in [-0.05, 0) is 155 Å². The number of hydrogen-bond donors (Lipinski definition) is 0. The monoisotopic (exact) mass is 770 g/mol. The van der Waals surface area contributed by atoms with Crippen molar-refractivity contribution in [2.24, 2.45) is 23.7 Å². The Morgan fingerprint density at radius 3 is 1.65 bits per heavy atom. The van der Waals surface area contributed by atoms with Crippen molar-refractivity contribution in [3.8, 4) is 39.1 Å². The molecule has 288 valence electrons. The van der Waals surface area contributed by atoms with E-state index in [2.05, 4.69) is 204 Å². The minimum absolute atomic E-state index is 0.138. The van der Waals surface area contributed by atoms with Crippen molar-refractivity contribution >= 4 is 38.9 Å². The van der Waals surface area contributed by atoms with Crippen LogP contribution in [0.25, 0.3) is 60.9 Å². The topological polar surface area (TPSA) is 8.17 Å². The predicted octanol–water partition coefficient (Wildman–Crippen LogP) is 15.3. The highest BCUT2D eigenvalue weighted by atomic mass is 15.1. The Balaban J connectivity index is 1.02. The van der Waals surface area contributed by atoms with E-state index in [9.17, 15) is 0 Å². The molecule has 60 heavy (non-hydrogen) atoms. The summed E-state index contributed by atoms with van der Waals surface area (Å²) in [5, 5.41) is 2.56. The minimum Gasteiger partial charge on any atom is -0.310 e. The molecule has 2 heteroatoms. The Morgan fingerprint density at radius 2 is 0.967 bits per heavy atom. The fourth-order valence-corrected chi connectivity index (χ4v) is 13.1. The maximum atomic E-state index is 2.56. The van der Waals surface area contributed by atoms with Crippen molar-refractivity contribution in [2.75, 3.05) is 4.90 Å². The highest BCUT2D eigenvalue weighted by Crippen LogP contribution is 2.69. The predicted molar refractivity (Wildman–Crippen MR) is 250 cm³/mol. The van der Waals surface area contributed by atoms with Crippen LogP contribution in [0.2, 0.25) is 0 Å². The molecule has 2 nitrogen and oxygen atoms in total. The van der Waals surface area contributed by atoms with Crippen molar-refractivity contribution in [1.82, 2.24) is 4.57 Å². The summed E-state index contributed by atoms with van der Waals surface area (Å²) in [7, 11) is 0. The van der Waals surface area contributed by atoms with Gasteiger partial charge in [-0.1, -0.05) is 133 Å². The maximum absolute atomic E-state index is 2.56. The zero-order chi connectivity index (χ0) is 39.4. The zero-order valence-corrected chi connectivity index (χ0v) is 33.7. The maximum Gasteiger partial charge on any atom is 0.0541 e. The number of hydrogen-bond acceptors (Lipinski definition) is 1. The lowest BCUT2D eigenvalue weighted by Gasteiger charge is -2.61. The molecule has 0 radical (unpaired) electrons. The molecule has 4 saturated carbocycles. The number of nitrogens with zero attached hydrogens (tertiary/aromatic N) is 2. The molecule has 9 aromatic rings.